The number of nitrogens with zero attached hydrogens (tertiary/aromatic N) is 2. The van der Waals surface area contributed by atoms with Crippen molar-refractivity contribution in [3.8, 4) is 6.07 Å². The Balaban J connectivity index is 1.55. The number of hydrogen-bond donors (Lipinski definition) is 3. The number of carbonyl (C=O) groups is 2. The molecular weight excluding hydrogens is 506 g/mol. The van der Waals surface area contributed by atoms with E-state index in [1.54, 1.807) is 25.1 Å². The number of nitriles is 1. The summed E-state index contributed by atoms with van der Waals surface area (Å²) in [7, 11) is 0. The predicted octanol–water partition coefficient (Wildman–Crippen LogP) is 5.20. The van der Waals surface area contributed by atoms with Crippen molar-refractivity contribution in [1.29, 1.82) is 5.26 Å². The molecule has 0 unspecified atom stereocenters. The van der Waals surface area contributed by atoms with Gasteiger partial charge >= 0.3 is 0 Å². The van der Waals surface area contributed by atoms with Crippen LogP contribution in [0.5, 0.6) is 0 Å². The Labute approximate surface area is 222 Å². The van der Waals surface area contributed by atoms with Crippen molar-refractivity contribution < 1.29 is 18.9 Å². The summed E-state index contributed by atoms with van der Waals surface area (Å²) in [5.41, 5.74) is 2.97. The first kappa shape index (κ1) is 26.2. The van der Waals surface area contributed by atoms with Gasteiger partial charge in [0.1, 0.15) is 5.76 Å². The van der Waals surface area contributed by atoms with Crippen LogP contribution in [0.3, 0.4) is 0 Å². The molecule has 0 bridgehead atoms. The van der Waals surface area contributed by atoms with Crippen LogP contribution in [0, 0.1) is 28.4 Å². The Bertz CT molecular complexity index is 1490. The Hall–Kier alpha value is -4.82. The van der Waals surface area contributed by atoms with Crippen LogP contribution in [0.25, 0.3) is 0 Å². The fraction of sp³-hybridized carbons (Fsp3) is 0.148. The quantitative estimate of drug-likeness (QED) is 0.266. The first-order valence-corrected chi connectivity index (χ1v) is 12.5. The minimum Gasteiger partial charge on any atom is -0.468 e. The van der Waals surface area contributed by atoms with Crippen LogP contribution in [-0.4, -0.2) is 22.5 Å². The van der Waals surface area contributed by atoms with Crippen LogP contribution in [0.4, 0.5) is 17.1 Å². The molecule has 1 aliphatic heterocycles. The number of nitrogens with one attached hydrogen (secondary N) is 3. The lowest BCUT2D eigenvalue weighted by atomic mass is 9.85. The third-order valence-electron chi connectivity index (χ3n) is 5.82. The molecule has 38 heavy (non-hydrogen) atoms. The van der Waals surface area contributed by atoms with Gasteiger partial charge in [0.25, 0.3) is 11.6 Å². The summed E-state index contributed by atoms with van der Waals surface area (Å²) >= 11 is 1.11. The highest BCUT2D eigenvalue weighted by Gasteiger charge is 2.36. The molecule has 0 saturated carbocycles. The lowest BCUT2D eigenvalue weighted by Gasteiger charge is -2.28. The van der Waals surface area contributed by atoms with Gasteiger partial charge in [-0.2, -0.15) is 5.26 Å². The van der Waals surface area contributed by atoms with E-state index in [0.29, 0.717) is 33.4 Å². The number of dihydropyridines is 1. The first-order chi connectivity index (χ1) is 18.3. The van der Waals surface area contributed by atoms with Crippen molar-refractivity contribution in [2.24, 2.45) is 0 Å². The Morgan fingerprint density at radius 3 is 2.47 bits per heavy atom. The molecule has 3 N–H and O–H groups in total. The summed E-state index contributed by atoms with van der Waals surface area (Å²) < 4.78 is 5.62. The standard InChI is InChI=1S/C27H23N5O5S/c1-16-6-3-4-7-21(16)31-26(34)24-17(2)29-27(20(14-28)25(24)22-8-5-13-37-22)38-15-23(33)30-18-9-11-19(12-10-18)32(35)36/h3-13,25,29H,15H2,1-2H3,(H,30,33)(H,31,34)/t25-/m1/s1. The molecule has 3 aromatic rings. The van der Waals surface area contributed by atoms with Gasteiger partial charge < -0.3 is 20.4 Å². The Morgan fingerprint density at radius 2 is 1.84 bits per heavy atom. The van der Waals surface area contributed by atoms with Crippen LogP contribution in [0.15, 0.2) is 93.2 Å². The van der Waals surface area contributed by atoms with Crippen molar-refractivity contribution in [2.45, 2.75) is 19.8 Å². The molecule has 10 nitrogen and oxygen atoms in total. The lowest BCUT2D eigenvalue weighted by molar-refractivity contribution is -0.384. The van der Waals surface area contributed by atoms with Crippen LogP contribution in [-0.2, 0) is 9.59 Å². The fourth-order valence-corrected chi connectivity index (χ4v) is 4.86. The molecule has 2 aromatic carbocycles. The van der Waals surface area contributed by atoms with Crippen LogP contribution < -0.4 is 16.0 Å². The first-order valence-electron chi connectivity index (χ1n) is 11.5. The van der Waals surface area contributed by atoms with E-state index in [1.165, 1.54) is 30.5 Å². The highest BCUT2D eigenvalue weighted by molar-refractivity contribution is 8.03. The SMILES string of the molecule is CC1=C(C(=O)Nc2ccccc2C)[C@@H](c2ccco2)C(C#N)=C(SCC(=O)Nc2ccc([N+](=O)[O-])cc2)N1. The van der Waals surface area contributed by atoms with Crippen molar-refractivity contribution in [3.63, 3.8) is 0 Å². The van der Waals surface area contributed by atoms with Crippen molar-refractivity contribution in [2.75, 3.05) is 16.4 Å². The number of thioether (sulfide) groups is 1. The summed E-state index contributed by atoms with van der Waals surface area (Å²) in [6, 6.07) is 18.4. The second-order valence-electron chi connectivity index (χ2n) is 8.38. The number of allylic oxidation sites excluding steroid dienone is 2. The van der Waals surface area contributed by atoms with Gasteiger partial charge in [0.2, 0.25) is 5.91 Å². The summed E-state index contributed by atoms with van der Waals surface area (Å²) in [4.78, 5) is 36.3. The van der Waals surface area contributed by atoms with E-state index >= 15 is 0 Å². The number of anilines is 2. The van der Waals surface area contributed by atoms with Gasteiger partial charge in [-0.25, -0.2) is 0 Å². The van der Waals surface area contributed by atoms with E-state index < -0.39 is 10.8 Å². The number of nitro benzene ring substituents is 1. The Kier molecular flexibility index (Phi) is 7.94. The molecular formula is C27H23N5O5S. The molecule has 1 atom stereocenters. The summed E-state index contributed by atoms with van der Waals surface area (Å²) in [6.45, 7) is 3.62. The van der Waals surface area contributed by atoms with E-state index in [1.807, 2.05) is 25.1 Å². The number of rotatable bonds is 8. The van der Waals surface area contributed by atoms with E-state index in [9.17, 15) is 25.0 Å². The molecule has 192 valence electrons. The predicted molar refractivity (Wildman–Crippen MR) is 144 cm³/mol. The molecule has 1 aliphatic rings. The maximum Gasteiger partial charge on any atom is 0.269 e. The number of aryl methyl sites for hydroxylation is 1. The summed E-state index contributed by atoms with van der Waals surface area (Å²) in [5.74, 6) is -1.15. The molecule has 0 radical (unpaired) electrons. The molecule has 2 heterocycles. The maximum atomic E-state index is 13.4. The highest BCUT2D eigenvalue weighted by atomic mass is 32.2. The summed E-state index contributed by atoms with van der Waals surface area (Å²) in [5, 5.41) is 30.1. The van der Waals surface area contributed by atoms with Crippen LogP contribution >= 0.6 is 11.8 Å². The van der Waals surface area contributed by atoms with E-state index in [-0.39, 0.29) is 28.8 Å². The zero-order valence-corrected chi connectivity index (χ0v) is 21.3. The topological polar surface area (TPSA) is 150 Å². The second-order valence-corrected chi connectivity index (χ2v) is 9.36. The van der Waals surface area contributed by atoms with Gasteiger partial charge in [-0.1, -0.05) is 30.0 Å². The summed E-state index contributed by atoms with van der Waals surface area (Å²) in [6.07, 6.45) is 1.48. The minimum atomic E-state index is -0.777. The number of hydrogen-bond acceptors (Lipinski definition) is 8. The average molecular weight is 530 g/mol. The minimum absolute atomic E-state index is 0.0482. The molecule has 0 aliphatic carbocycles. The van der Waals surface area contributed by atoms with Gasteiger partial charge in [-0.3, -0.25) is 19.7 Å². The zero-order valence-electron chi connectivity index (χ0n) is 20.5. The largest absolute Gasteiger partial charge is 0.468 e. The molecule has 0 spiro atoms. The average Bonchev–Trinajstić information content (AvgIpc) is 3.43. The Morgan fingerprint density at radius 1 is 1.11 bits per heavy atom. The normalized spacial score (nSPS) is 14.9. The van der Waals surface area contributed by atoms with E-state index in [0.717, 1.165) is 17.3 Å². The number of amides is 2. The maximum absolute atomic E-state index is 13.4. The van der Waals surface area contributed by atoms with Gasteiger partial charge in [0.05, 0.1) is 45.1 Å². The number of benzene rings is 2. The van der Waals surface area contributed by atoms with Gasteiger partial charge in [-0.15, -0.1) is 0 Å². The van der Waals surface area contributed by atoms with Crippen molar-refractivity contribution in [1.82, 2.24) is 5.32 Å². The second kappa shape index (κ2) is 11.5. The molecule has 1 aromatic heterocycles. The third-order valence-corrected chi connectivity index (χ3v) is 6.84. The molecule has 4 rings (SSSR count). The van der Waals surface area contributed by atoms with Crippen LogP contribution in [0.2, 0.25) is 0 Å². The van der Waals surface area contributed by atoms with Gasteiger partial charge in [0, 0.05) is 29.2 Å². The lowest BCUT2D eigenvalue weighted by Crippen LogP contribution is -2.31. The molecule has 2 amide bonds. The van der Waals surface area contributed by atoms with Gasteiger partial charge in [0.15, 0.2) is 0 Å². The smallest absolute Gasteiger partial charge is 0.269 e. The monoisotopic (exact) mass is 529 g/mol. The van der Waals surface area contributed by atoms with Crippen molar-refractivity contribution in [3.05, 3.63) is 110 Å². The number of para-hydroxylation sites is 1. The number of nitro groups is 1. The number of furan rings is 1. The molecule has 11 heteroatoms. The van der Waals surface area contributed by atoms with E-state index in [2.05, 4.69) is 22.0 Å². The van der Waals surface area contributed by atoms with Gasteiger partial charge in [-0.05, 0) is 49.7 Å². The number of non-ortho nitro benzene ring substituents is 1. The highest BCUT2D eigenvalue weighted by Crippen LogP contribution is 2.41. The molecule has 0 saturated heterocycles. The van der Waals surface area contributed by atoms with E-state index in [4.69, 9.17) is 4.42 Å². The molecule has 0 fully saturated rings. The zero-order chi connectivity index (χ0) is 27.2. The number of carbonyl (C=O) groups excluding carboxylic acids is 2. The fourth-order valence-electron chi connectivity index (χ4n) is 3.97. The van der Waals surface area contributed by atoms with Crippen molar-refractivity contribution >= 4 is 40.6 Å². The third kappa shape index (κ3) is 5.77. The van der Waals surface area contributed by atoms with Crippen LogP contribution in [0.1, 0.15) is 24.2 Å².